The van der Waals surface area contributed by atoms with Crippen LogP contribution in [0.2, 0.25) is 0 Å². The highest BCUT2D eigenvalue weighted by Crippen LogP contribution is 2.28. The van der Waals surface area contributed by atoms with E-state index in [0.29, 0.717) is 60.0 Å². The van der Waals surface area contributed by atoms with Crippen molar-refractivity contribution in [2.75, 3.05) is 36.5 Å². The van der Waals surface area contributed by atoms with Crippen molar-refractivity contribution in [3.05, 3.63) is 64.1 Å². The molecule has 0 aliphatic carbocycles. The van der Waals surface area contributed by atoms with Gasteiger partial charge >= 0.3 is 0 Å². The molecule has 3 heterocycles. The number of hydrogen-bond donors (Lipinski definition) is 2. The van der Waals surface area contributed by atoms with Crippen LogP contribution in [0.25, 0.3) is 11.0 Å². The quantitative estimate of drug-likeness (QED) is 0.696. The summed E-state index contributed by atoms with van der Waals surface area (Å²) in [6, 6.07) is 7.99. The topological polar surface area (TPSA) is 105 Å². The first-order valence-electron chi connectivity index (χ1n) is 9.33. The molecule has 2 N–H and O–H groups in total. The van der Waals surface area contributed by atoms with Crippen LogP contribution in [-0.2, 0) is 9.53 Å². The molecule has 8 heteroatoms. The number of rotatable bonds is 4. The summed E-state index contributed by atoms with van der Waals surface area (Å²) in [5.41, 5.74) is 1.60. The molecule has 4 rings (SSSR count). The maximum atomic E-state index is 12.6. The number of carbonyl (C=O) groups is 1. The van der Waals surface area contributed by atoms with Gasteiger partial charge in [-0.3, -0.25) is 14.6 Å². The molecule has 1 unspecified atom stereocenters. The summed E-state index contributed by atoms with van der Waals surface area (Å²) in [7, 11) is 0. The molecule has 0 radical (unpaired) electrons. The Balaban J connectivity index is 1.68. The largest absolute Gasteiger partial charge is 0.440 e. The maximum absolute atomic E-state index is 12.6. The zero-order chi connectivity index (χ0) is 20.4. The number of aryl methyl sites for hydroxylation is 1. The number of pyridine rings is 1. The van der Waals surface area contributed by atoms with Gasteiger partial charge in [-0.05, 0) is 36.2 Å². The van der Waals surface area contributed by atoms with Gasteiger partial charge in [-0.2, -0.15) is 0 Å². The summed E-state index contributed by atoms with van der Waals surface area (Å²) in [6.07, 6.45) is 1.66. The first-order valence-corrected chi connectivity index (χ1v) is 9.33. The Hall–Kier alpha value is -3.23. The summed E-state index contributed by atoms with van der Waals surface area (Å²) in [6.45, 7) is 4.11. The second kappa shape index (κ2) is 8.02. The summed E-state index contributed by atoms with van der Waals surface area (Å²) >= 11 is 0. The van der Waals surface area contributed by atoms with Crippen molar-refractivity contribution in [3.8, 4) is 0 Å². The molecule has 29 heavy (non-hydrogen) atoms. The average Bonchev–Trinajstić information content (AvgIpc) is 2.75. The number of nitrogens with zero attached hydrogens (tertiary/aromatic N) is 2. The van der Waals surface area contributed by atoms with Gasteiger partial charge < -0.3 is 24.5 Å². The van der Waals surface area contributed by atoms with Crippen LogP contribution in [0.3, 0.4) is 0 Å². The number of morpholine rings is 1. The molecule has 2 aromatic heterocycles. The number of ether oxygens (including phenoxy) is 1. The zero-order valence-corrected chi connectivity index (χ0v) is 15.9. The summed E-state index contributed by atoms with van der Waals surface area (Å²) < 4.78 is 11.4. The van der Waals surface area contributed by atoms with Crippen molar-refractivity contribution >= 4 is 28.4 Å². The van der Waals surface area contributed by atoms with E-state index in [0.717, 1.165) is 0 Å². The molecule has 0 spiro atoms. The molecule has 0 saturated carbocycles. The minimum Gasteiger partial charge on any atom is -0.440 e. The molecular weight excluding hydrogens is 374 g/mol. The fraction of sp³-hybridized carbons (Fsp3) is 0.286. The number of aliphatic hydroxyl groups is 1. The molecule has 1 saturated heterocycles. The van der Waals surface area contributed by atoms with Crippen LogP contribution in [0.4, 0.5) is 11.6 Å². The SMILES string of the molecule is Cc1c(C(O)C(=O)Nc2cccnc2)ccc2c(=O)cc(N3CCOCC3)oc12. The number of anilines is 2. The molecule has 1 aliphatic rings. The van der Waals surface area contributed by atoms with Crippen LogP contribution in [-0.4, -0.2) is 42.3 Å². The van der Waals surface area contributed by atoms with Crippen LogP contribution in [0, 0.1) is 6.92 Å². The maximum Gasteiger partial charge on any atom is 0.257 e. The molecule has 1 aliphatic heterocycles. The van der Waals surface area contributed by atoms with Gasteiger partial charge in [0.2, 0.25) is 0 Å². The molecule has 1 fully saturated rings. The first-order chi connectivity index (χ1) is 14.0. The lowest BCUT2D eigenvalue weighted by Crippen LogP contribution is -2.36. The number of benzene rings is 1. The minimum absolute atomic E-state index is 0.170. The van der Waals surface area contributed by atoms with Crippen LogP contribution >= 0.6 is 0 Å². The first kappa shape index (κ1) is 19.1. The standard InChI is InChI=1S/C21H21N3O5/c1-13-15(19(26)21(27)23-14-3-2-6-22-12-14)4-5-16-17(25)11-18(29-20(13)16)24-7-9-28-10-8-24/h2-6,11-12,19,26H,7-10H2,1H3,(H,23,27). The Kier molecular flexibility index (Phi) is 5.28. The van der Waals surface area contributed by atoms with Gasteiger partial charge in [-0.15, -0.1) is 0 Å². The number of aromatic nitrogens is 1. The van der Waals surface area contributed by atoms with Gasteiger partial charge in [0, 0.05) is 25.4 Å². The Labute approximate surface area is 166 Å². The van der Waals surface area contributed by atoms with Crippen molar-refractivity contribution in [2.45, 2.75) is 13.0 Å². The number of nitrogens with one attached hydrogen (secondary N) is 1. The lowest BCUT2D eigenvalue weighted by Gasteiger charge is -2.27. The van der Waals surface area contributed by atoms with Crippen molar-refractivity contribution < 1.29 is 19.1 Å². The second-order valence-corrected chi connectivity index (χ2v) is 6.84. The van der Waals surface area contributed by atoms with Gasteiger partial charge in [-0.25, -0.2) is 0 Å². The van der Waals surface area contributed by atoms with Gasteiger partial charge in [0.15, 0.2) is 17.4 Å². The van der Waals surface area contributed by atoms with Gasteiger partial charge in [-0.1, -0.05) is 6.07 Å². The Morgan fingerprint density at radius 2 is 2.07 bits per heavy atom. The molecule has 1 aromatic carbocycles. The Bertz CT molecular complexity index is 1090. The fourth-order valence-corrected chi connectivity index (χ4v) is 3.38. The van der Waals surface area contributed by atoms with E-state index in [1.807, 2.05) is 4.90 Å². The molecule has 0 bridgehead atoms. The van der Waals surface area contributed by atoms with E-state index in [2.05, 4.69) is 10.3 Å². The highest BCUT2D eigenvalue weighted by atomic mass is 16.5. The minimum atomic E-state index is -1.42. The lowest BCUT2D eigenvalue weighted by atomic mass is 10.00. The Morgan fingerprint density at radius 1 is 1.28 bits per heavy atom. The lowest BCUT2D eigenvalue weighted by molar-refractivity contribution is -0.124. The van der Waals surface area contributed by atoms with Gasteiger partial charge in [0.05, 0.1) is 30.5 Å². The fourth-order valence-electron chi connectivity index (χ4n) is 3.38. The highest BCUT2D eigenvalue weighted by molar-refractivity contribution is 5.95. The van der Waals surface area contributed by atoms with Crippen LogP contribution in [0.15, 0.2) is 51.9 Å². The highest BCUT2D eigenvalue weighted by Gasteiger charge is 2.23. The van der Waals surface area contributed by atoms with E-state index in [1.165, 1.54) is 12.3 Å². The number of carbonyl (C=O) groups excluding carboxylic acids is 1. The number of amides is 1. The molecule has 150 valence electrons. The molecule has 1 atom stereocenters. The zero-order valence-electron chi connectivity index (χ0n) is 15.9. The third-order valence-corrected chi connectivity index (χ3v) is 4.97. The third kappa shape index (κ3) is 3.85. The van der Waals surface area contributed by atoms with Crippen LogP contribution in [0.1, 0.15) is 17.2 Å². The van der Waals surface area contributed by atoms with Crippen molar-refractivity contribution in [1.29, 1.82) is 0 Å². The summed E-state index contributed by atoms with van der Waals surface area (Å²) in [5, 5.41) is 13.6. The third-order valence-electron chi connectivity index (χ3n) is 4.97. The smallest absolute Gasteiger partial charge is 0.257 e. The van der Waals surface area contributed by atoms with Crippen LogP contribution in [0.5, 0.6) is 0 Å². The molecule has 3 aromatic rings. The summed E-state index contributed by atoms with van der Waals surface area (Å²) in [5.74, 6) is -0.132. The predicted molar refractivity (Wildman–Crippen MR) is 108 cm³/mol. The predicted octanol–water partition coefficient (Wildman–Crippen LogP) is 2.01. The van der Waals surface area contributed by atoms with E-state index < -0.39 is 12.0 Å². The second-order valence-electron chi connectivity index (χ2n) is 6.84. The van der Waals surface area contributed by atoms with E-state index >= 15 is 0 Å². The van der Waals surface area contributed by atoms with E-state index in [9.17, 15) is 14.7 Å². The van der Waals surface area contributed by atoms with E-state index in [4.69, 9.17) is 9.15 Å². The molecule has 1 amide bonds. The van der Waals surface area contributed by atoms with Crippen molar-refractivity contribution in [3.63, 3.8) is 0 Å². The summed E-state index contributed by atoms with van der Waals surface area (Å²) in [4.78, 5) is 30.9. The van der Waals surface area contributed by atoms with E-state index in [1.54, 1.807) is 37.4 Å². The number of aliphatic hydroxyl groups excluding tert-OH is 1. The van der Waals surface area contributed by atoms with Crippen molar-refractivity contribution in [2.24, 2.45) is 0 Å². The van der Waals surface area contributed by atoms with Gasteiger partial charge in [0.25, 0.3) is 5.91 Å². The normalized spacial score (nSPS) is 15.3. The average molecular weight is 395 g/mol. The van der Waals surface area contributed by atoms with Gasteiger partial charge in [0.1, 0.15) is 5.58 Å². The van der Waals surface area contributed by atoms with Crippen molar-refractivity contribution in [1.82, 2.24) is 4.98 Å². The molecular formula is C21H21N3O5. The Morgan fingerprint density at radius 3 is 2.79 bits per heavy atom. The molecule has 8 nitrogen and oxygen atoms in total. The van der Waals surface area contributed by atoms with Crippen LogP contribution < -0.4 is 15.6 Å². The number of hydrogen-bond acceptors (Lipinski definition) is 7. The van der Waals surface area contributed by atoms with E-state index in [-0.39, 0.29) is 5.43 Å². The number of fused-ring (bicyclic) bond motifs is 1. The monoisotopic (exact) mass is 395 g/mol.